The van der Waals surface area contributed by atoms with E-state index in [1.165, 1.54) is 6.92 Å². The van der Waals surface area contributed by atoms with Crippen LogP contribution in [0.3, 0.4) is 0 Å². The van der Waals surface area contributed by atoms with Crippen LogP contribution in [0.1, 0.15) is 33.1 Å². The summed E-state index contributed by atoms with van der Waals surface area (Å²) in [6.07, 6.45) is 2.04. The first-order chi connectivity index (χ1) is 9.45. The molecule has 1 unspecified atom stereocenters. The van der Waals surface area contributed by atoms with E-state index in [1.807, 2.05) is 0 Å². The third kappa shape index (κ3) is 4.68. The number of unbranched alkanes of at least 4 members (excludes halogenated alkanes) is 2. The van der Waals surface area contributed by atoms with Gasteiger partial charge in [0.15, 0.2) is 17.7 Å². The molecule has 1 rings (SSSR count). The minimum Gasteiger partial charge on any atom is -0.478 e. The number of amides is 1. The molecule has 0 bridgehead atoms. The molecule has 0 heterocycles. The summed E-state index contributed by atoms with van der Waals surface area (Å²) >= 11 is 0. The molecule has 0 saturated heterocycles. The minimum absolute atomic E-state index is 0.300. The first kappa shape index (κ1) is 16.2. The number of ether oxygens (including phenoxy) is 1. The number of hydrogen-bond donors (Lipinski definition) is 2. The number of benzene rings is 1. The Morgan fingerprint density at radius 1 is 1.35 bits per heavy atom. The Hall–Kier alpha value is -1.85. The summed E-state index contributed by atoms with van der Waals surface area (Å²) in [5.41, 5.74) is 4.92. The van der Waals surface area contributed by atoms with Gasteiger partial charge in [-0.1, -0.05) is 19.8 Å². The summed E-state index contributed by atoms with van der Waals surface area (Å²) < 4.78 is 31.8. The number of nitrogens with two attached hydrogens (primary N) is 1. The highest BCUT2D eigenvalue weighted by atomic mass is 19.1. The van der Waals surface area contributed by atoms with Crippen molar-refractivity contribution in [1.29, 1.82) is 0 Å². The first-order valence-electron chi connectivity index (χ1n) is 6.64. The monoisotopic (exact) mass is 286 g/mol. The van der Waals surface area contributed by atoms with Gasteiger partial charge in [0.2, 0.25) is 0 Å². The summed E-state index contributed by atoms with van der Waals surface area (Å²) in [5, 5.41) is 2.68. The molecule has 0 aliphatic carbocycles. The summed E-state index contributed by atoms with van der Waals surface area (Å²) in [6.45, 7) is 4.08. The third-order valence-electron chi connectivity index (χ3n) is 2.80. The minimum atomic E-state index is -0.908. The van der Waals surface area contributed by atoms with E-state index in [0.717, 1.165) is 31.4 Å². The standard InChI is InChI=1S/C14H20F2N2O2/c1-3-4-5-6-18-14(19)9(2)20-13-8-10(15)12(17)7-11(13)16/h7-9H,3-6,17H2,1-2H3,(H,18,19). The van der Waals surface area contributed by atoms with Crippen molar-refractivity contribution in [1.82, 2.24) is 5.32 Å². The molecule has 0 saturated carbocycles. The second-order valence-corrected chi connectivity index (χ2v) is 4.56. The molecule has 0 aliphatic heterocycles. The van der Waals surface area contributed by atoms with Crippen LogP contribution in [0.4, 0.5) is 14.5 Å². The zero-order valence-corrected chi connectivity index (χ0v) is 11.7. The van der Waals surface area contributed by atoms with Gasteiger partial charge in [-0.15, -0.1) is 0 Å². The molecule has 1 amide bonds. The first-order valence-corrected chi connectivity index (χ1v) is 6.64. The van der Waals surface area contributed by atoms with Crippen molar-refractivity contribution in [2.24, 2.45) is 0 Å². The fourth-order valence-electron chi connectivity index (χ4n) is 1.61. The molecule has 112 valence electrons. The van der Waals surface area contributed by atoms with Crippen LogP contribution in [0.15, 0.2) is 12.1 Å². The normalized spacial score (nSPS) is 12.0. The summed E-state index contributed by atoms with van der Waals surface area (Å²) in [7, 11) is 0. The number of nitrogen functional groups attached to an aromatic ring is 1. The van der Waals surface area contributed by atoms with Gasteiger partial charge in [-0.05, 0) is 13.3 Å². The number of carbonyl (C=O) groups is 1. The van der Waals surface area contributed by atoms with Crippen molar-refractivity contribution in [3.05, 3.63) is 23.8 Å². The zero-order chi connectivity index (χ0) is 15.1. The lowest BCUT2D eigenvalue weighted by atomic mass is 10.2. The van der Waals surface area contributed by atoms with Gasteiger partial charge in [0.25, 0.3) is 5.91 Å². The molecule has 0 radical (unpaired) electrons. The van der Waals surface area contributed by atoms with E-state index in [9.17, 15) is 13.6 Å². The van der Waals surface area contributed by atoms with Gasteiger partial charge in [0.05, 0.1) is 5.69 Å². The maximum Gasteiger partial charge on any atom is 0.260 e. The van der Waals surface area contributed by atoms with Crippen LogP contribution in [0, 0.1) is 11.6 Å². The number of nitrogens with one attached hydrogen (secondary N) is 1. The SMILES string of the molecule is CCCCCNC(=O)C(C)Oc1cc(F)c(N)cc1F. The smallest absolute Gasteiger partial charge is 0.260 e. The predicted octanol–water partition coefficient (Wildman–Crippen LogP) is 2.62. The Morgan fingerprint density at radius 3 is 2.70 bits per heavy atom. The van der Waals surface area contributed by atoms with Crippen LogP contribution in [0.5, 0.6) is 5.75 Å². The molecule has 0 fully saturated rings. The molecule has 1 atom stereocenters. The Morgan fingerprint density at radius 2 is 2.05 bits per heavy atom. The summed E-state index contributed by atoms with van der Waals surface area (Å²) in [6, 6.07) is 1.67. The van der Waals surface area contributed by atoms with Gasteiger partial charge < -0.3 is 15.8 Å². The molecule has 0 aliphatic rings. The van der Waals surface area contributed by atoms with Gasteiger partial charge >= 0.3 is 0 Å². The Labute approximate surface area is 117 Å². The molecule has 1 aromatic carbocycles. The van der Waals surface area contributed by atoms with Crippen molar-refractivity contribution in [3.8, 4) is 5.75 Å². The largest absolute Gasteiger partial charge is 0.478 e. The van der Waals surface area contributed by atoms with Gasteiger partial charge in [0.1, 0.15) is 5.82 Å². The quantitative estimate of drug-likeness (QED) is 0.598. The van der Waals surface area contributed by atoms with Crippen molar-refractivity contribution >= 4 is 11.6 Å². The Balaban J connectivity index is 2.55. The van der Waals surface area contributed by atoms with Crippen molar-refractivity contribution in [3.63, 3.8) is 0 Å². The van der Waals surface area contributed by atoms with Crippen LogP contribution >= 0.6 is 0 Å². The highest BCUT2D eigenvalue weighted by Crippen LogP contribution is 2.23. The van der Waals surface area contributed by atoms with E-state index in [0.29, 0.717) is 6.54 Å². The van der Waals surface area contributed by atoms with Crippen LogP contribution in [0.25, 0.3) is 0 Å². The van der Waals surface area contributed by atoms with Crippen LogP contribution < -0.4 is 15.8 Å². The van der Waals surface area contributed by atoms with E-state index in [4.69, 9.17) is 10.5 Å². The van der Waals surface area contributed by atoms with Crippen molar-refractivity contribution < 1.29 is 18.3 Å². The average molecular weight is 286 g/mol. The number of hydrogen-bond acceptors (Lipinski definition) is 3. The molecule has 3 N–H and O–H groups in total. The van der Waals surface area contributed by atoms with E-state index >= 15 is 0 Å². The lowest BCUT2D eigenvalue weighted by Crippen LogP contribution is -2.37. The summed E-state index contributed by atoms with van der Waals surface area (Å²) in [5.74, 6) is -2.27. The van der Waals surface area contributed by atoms with Crippen LogP contribution in [0.2, 0.25) is 0 Å². The number of anilines is 1. The molecule has 1 aromatic rings. The number of halogens is 2. The topological polar surface area (TPSA) is 64.3 Å². The van der Waals surface area contributed by atoms with E-state index in [1.54, 1.807) is 0 Å². The van der Waals surface area contributed by atoms with Crippen molar-refractivity contribution in [2.75, 3.05) is 12.3 Å². The fraction of sp³-hybridized carbons (Fsp3) is 0.500. The lowest BCUT2D eigenvalue weighted by Gasteiger charge is -2.15. The molecular formula is C14H20F2N2O2. The molecular weight excluding hydrogens is 266 g/mol. The molecule has 0 spiro atoms. The predicted molar refractivity (Wildman–Crippen MR) is 73.4 cm³/mol. The zero-order valence-electron chi connectivity index (χ0n) is 11.7. The second-order valence-electron chi connectivity index (χ2n) is 4.56. The molecule has 6 heteroatoms. The van der Waals surface area contributed by atoms with E-state index < -0.39 is 17.7 Å². The maximum atomic E-state index is 13.5. The van der Waals surface area contributed by atoms with Crippen LogP contribution in [-0.4, -0.2) is 18.6 Å². The third-order valence-corrected chi connectivity index (χ3v) is 2.80. The van der Waals surface area contributed by atoms with Gasteiger partial charge in [-0.3, -0.25) is 4.79 Å². The highest BCUT2D eigenvalue weighted by Gasteiger charge is 2.17. The van der Waals surface area contributed by atoms with Gasteiger partial charge in [0, 0.05) is 18.7 Å². The maximum absolute atomic E-state index is 13.5. The van der Waals surface area contributed by atoms with Gasteiger partial charge in [-0.25, -0.2) is 8.78 Å². The van der Waals surface area contributed by atoms with Crippen molar-refractivity contribution in [2.45, 2.75) is 39.2 Å². The molecule has 0 aromatic heterocycles. The fourth-order valence-corrected chi connectivity index (χ4v) is 1.61. The van der Waals surface area contributed by atoms with E-state index in [-0.39, 0.29) is 17.3 Å². The number of carbonyl (C=O) groups excluding carboxylic acids is 1. The van der Waals surface area contributed by atoms with E-state index in [2.05, 4.69) is 12.2 Å². The lowest BCUT2D eigenvalue weighted by molar-refractivity contribution is -0.127. The molecule has 20 heavy (non-hydrogen) atoms. The number of rotatable bonds is 7. The highest BCUT2D eigenvalue weighted by molar-refractivity contribution is 5.80. The molecule has 4 nitrogen and oxygen atoms in total. The second kappa shape index (κ2) is 7.67. The van der Waals surface area contributed by atoms with Gasteiger partial charge in [-0.2, -0.15) is 0 Å². The Bertz CT molecular complexity index is 467. The average Bonchev–Trinajstić information content (AvgIpc) is 2.40. The summed E-state index contributed by atoms with van der Waals surface area (Å²) in [4.78, 5) is 11.7. The Kier molecular flexibility index (Phi) is 6.21. The van der Waals surface area contributed by atoms with Crippen LogP contribution in [-0.2, 0) is 4.79 Å².